The summed E-state index contributed by atoms with van der Waals surface area (Å²) in [4.78, 5) is 10.4. The lowest BCUT2D eigenvalue weighted by atomic mass is 9.91. The summed E-state index contributed by atoms with van der Waals surface area (Å²) >= 11 is 0. The second-order valence-corrected chi connectivity index (χ2v) is 5.35. The van der Waals surface area contributed by atoms with Crippen molar-refractivity contribution in [1.82, 2.24) is 15.0 Å². The first-order valence-electron chi connectivity index (χ1n) is 5.88. The molecule has 0 aliphatic rings. The summed E-state index contributed by atoms with van der Waals surface area (Å²) in [6, 6.07) is 3.61. The molecule has 2 aromatic rings. The Bertz CT molecular complexity index is 675. The SMILES string of the molecule is CC(C)(C)c1c(N)nnn1-c1c(F)cccc1[N+](=O)[O-]. The zero-order valence-electron chi connectivity index (χ0n) is 11.3. The number of nitrogens with zero attached hydrogens (tertiary/aromatic N) is 4. The molecular formula is C12H14FN5O2. The van der Waals surface area contributed by atoms with Gasteiger partial charge < -0.3 is 5.73 Å². The van der Waals surface area contributed by atoms with Crippen LogP contribution in [-0.2, 0) is 5.41 Å². The molecule has 0 amide bonds. The average molecular weight is 279 g/mol. The van der Waals surface area contributed by atoms with Crippen LogP contribution in [0.2, 0.25) is 0 Å². The molecule has 106 valence electrons. The molecule has 1 heterocycles. The maximum Gasteiger partial charge on any atom is 0.297 e. The lowest BCUT2D eigenvalue weighted by Crippen LogP contribution is -2.20. The Morgan fingerprint density at radius 2 is 2.05 bits per heavy atom. The summed E-state index contributed by atoms with van der Waals surface area (Å²) in [6.45, 7) is 5.52. The fraction of sp³-hybridized carbons (Fsp3) is 0.333. The van der Waals surface area contributed by atoms with E-state index in [9.17, 15) is 14.5 Å². The van der Waals surface area contributed by atoms with Gasteiger partial charge in [0.05, 0.1) is 10.6 Å². The summed E-state index contributed by atoms with van der Waals surface area (Å²) in [6.07, 6.45) is 0. The molecule has 0 radical (unpaired) electrons. The van der Waals surface area contributed by atoms with Crippen molar-refractivity contribution in [2.75, 3.05) is 5.73 Å². The number of para-hydroxylation sites is 1. The summed E-state index contributed by atoms with van der Waals surface area (Å²) < 4.78 is 15.1. The first-order chi connectivity index (χ1) is 9.23. The third-order valence-electron chi connectivity index (χ3n) is 2.78. The molecule has 20 heavy (non-hydrogen) atoms. The van der Waals surface area contributed by atoms with Gasteiger partial charge in [0.1, 0.15) is 0 Å². The summed E-state index contributed by atoms with van der Waals surface area (Å²) in [5.41, 5.74) is 5.03. The molecule has 0 saturated carbocycles. The van der Waals surface area contributed by atoms with Crippen LogP contribution in [0.1, 0.15) is 26.5 Å². The zero-order valence-corrected chi connectivity index (χ0v) is 11.3. The van der Waals surface area contributed by atoms with Gasteiger partial charge in [0.15, 0.2) is 17.3 Å². The summed E-state index contributed by atoms with van der Waals surface area (Å²) in [5, 5.41) is 18.5. The molecule has 0 aliphatic heterocycles. The minimum Gasteiger partial charge on any atom is -0.381 e. The fourth-order valence-corrected chi connectivity index (χ4v) is 2.01. The fourth-order valence-electron chi connectivity index (χ4n) is 2.01. The normalized spacial score (nSPS) is 11.6. The van der Waals surface area contributed by atoms with E-state index in [-0.39, 0.29) is 17.2 Å². The van der Waals surface area contributed by atoms with Crippen LogP contribution in [-0.4, -0.2) is 19.9 Å². The molecule has 1 aromatic heterocycles. The predicted octanol–water partition coefficient (Wildman–Crippen LogP) is 2.19. The number of rotatable bonds is 2. The second kappa shape index (κ2) is 4.55. The number of hydrogen-bond donors (Lipinski definition) is 1. The highest BCUT2D eigenvalue weighted by Crippen LogP contribution is 2.32. The number of benzene rings is 1. The minimum atomic E-state index is -0.755. The van der Waals surface area contributed by atoms with E-state index in [2.05, 4.69) is 10.3 Å². The quantitative estimate of drug-likeness (QED) is 0.671. The highest BCUT2D eigenvalue weighted by molar-refractivity contribution is 5.55. The number of hydrogen-bond acceptors (Lipinski definition) is 5. The molecule has 2 N–H and O–H groups in total. The van der Waals surface area contributed by atoms with Gasteiger partial charge in [-0.3, -0.25) is 10.1 Å². The molecule has 0 spiro atoms. The first-order valence-corrected chi connectivity index (χ1v) is 5.88. The molecule has 8 heteroatoms. The maximum absolute atomic E-state index is 14.0. The van der Waals surface area contributed by atoms with Crippen LogP contribution in [0.3, 0.4) is 0 Å². The lowest BCUT2D eigenvalue weighted by molar-refractivity contribution is -0.384. The standard InChI is InChI=1S/C12H14FN5O2/c1-12(2,3)10-11(14)15-16-17(10)9-7(13)5-4-6-8(9)18(19)20/h4-6H,14H2,1-3H3. The third-order valence-corrected chi connectivity index (χ3v) is 2.78. The summed E-state index contributed by atoms with van der Waals surface area (Å²) in [5.74, 6) is -0.635. The topological polar surface area (TPSA) is 99.9 Å². The van der Waals surface area contributed by atoms with Crippen LogP contribution >= 0.6 is 0 Å². The van der Waals surface area contributed by atoms with E-state index in [1.165, 1.54) is 12.1 Å². The van der Waals surface area contributed by atoms with Gasteiger partial charge in [-0.15, -0.1) is 5.10 Å². The molecular weight excluding hydrogens is 265 g/mol. The van der Waals surface area contributed by atoms with Crippen molar-refractivity contribution in [1.29, 1.82) is 0 Å². The molecule has 0 atom stereocenters. The number of nitro benzene ring substituents is 1. The first kappa shape index (κ1) is 13.9. The molecule has 1 aromatic carbocycles. The van der Waals surface area contributed by atoms with E-state index < -0.39 is 16.2 Å². The van der Waals surface area contributed by atoms with Gasteiger partial charge in [0, 0.05) is 11.5 Å². The van der Waals surface area contributed by atoms with Crippen LogP contribution < -0.4 is 5.73 Å². The molecule has 0 bridgehead atoms. The second-order valence-electron chi connectivity index (χ2n) is 5.35. The van der Waals surface area contributed by atoms with Crippen LogP contribution in [0, 0.1) is 15.9 Å². The smallest absolute Gasteiger partial charge is 0.297 e. The maximum atomic E-state index is 14.0. The number of anilines is 1. The summed E-state index contributed by atoms with van der Waals surface area (Å²) in [7, 11) is 0. The molecule has 0 unspecified atom stereocenters. The van der Waals surface area contributed by atoms with Crippen molar-refractivity contribution in [2.45, 2.75) is 26.2 Å². The van der Waals surface area contributed by atoms with E-state index >= 15 is 0 Å². The van der Waals surface area contributed by atoms with Crippen molar-refractivity contribution < 1.29 is 9.31 Å². The number of halogens is 1. The Morgan fingerprint density at radius 3 is 2.60 bits per heavy atom. The van der Waals surface area contributed by atoms with E-state index in [1.807, 2.05) is 20.8 Å². The van der Waals surface area contributed by atoms with E-state index in [0.717, 1.165) is 10.7 Å². The van der Waals surface area contributed by atoms with E-state index in [4.69, 9.17) is 5.73 Å². The molecule has 0 fully saturated rings. The Morgan fingerprint density at radius 1 is 1.40 bits per heavy atom. The van der Waals surface area contributed by atoms with Crippen molar-refractivity contribution in [3.8, 4) is 5.69 Å². The van der Waals surface area contributed by atoms with E-state index in [0.29, 0.717) is 5.69 Å². The number of aromatic nitrogens is 3. The largest absolute Gasteiger partial charge is 0.381 e. The Kier molecular flexibility index (Phi) is 3.16. The third kappa shape index (κ3) is 2.20. The van der Waals surface area contributed by atoms with Crippen LogP contribution in [0.15, 0.2) is 18.2 Å². The van der Waals surface area contributed by atoms with Gasteiger partial charge in [-0.05, 0) is 6.07 Å². The van der Waals surface area contributed by atoms with Gasteiger partial charge in [-0.25, -0.2) is 9.07 Å². The molecule has 0 aliphatic carbocycles. The van der Waals surface area contributed by atoms with Crippen molar-refractivity contribution >= 4 is 11.5 Å². The Balaban J connectivity index is 2.80. The van der Waals surface area contributed by atoms with Gasteiger partial charge in [-0.1, -0.05) is 32.1 Å². The van der Waals surface area contributed by atoms with Gasteiger partial charge in [0.2, 0.25) is 0 Å². The molecule has 7 nitrogen and oxygen atoms in total. The zero-order chi connectivity index (χ0) is 15.1. The van der Waals surface area contributed by atoms with Crippen LogP contribution in [0.25, 0.3) is 5.69 Å². The van der Waals surface area contributed by atoms with Gasteiger partial charge in [0.25, 0.3) is 5.69 Å². The lowest BCUT2D eigenvalue weighted by Gasteiger charge is -2.20. The predicted molar refractivity (Wildman–Crippen MR) is 71.1 cm³/mol. The van der Waals surface area contributed by atoms with Gasteiger partial charge >= 0.3 is 0 Å². The van der Waals surface area contributed by atoms with E-state index in [1.54, 1.807) is 0 Å². The minimum absolute atomic E-state index is 0.120. The number of nitro groups is 1. The van der Waals surface area contributed by atoms with Crippen molar-refractivity contribution in [3.63, 3.8) is 0 Å². The Hall–Kier alpha value is -2.51. The van der Waals surface area contributed by atoms with Crippen LogP contribution in [0.4, 0.5) is 15.9 Å². The molecule has 0 saturated heterocycles. The Labute approximate surface area is 114 Å². The highest BCUT2D eigenvalue weighted by Gasteiger charge is 2.30. The highest BCUT2D eigenvalue weighted by atomic mass is 19.1. The number of nitrogens with two attached hydrogens (primary N) is 1. The van der Waals surface area contributed by atoms with Crippen molar-refractivity contribution in [2.24, 2.45) is 0 Å². The molecule has 2 rings (SSSR count). The average Bonchev–Trinajstić information content (AvgIpc) is 2.70. The monoisotopic (exact) mass is 279 g/mol. The van der Waals surface area contributed by atoms with Crippen molar-refractivity contribution in [3.05, 3.63) is 39.8 Å². The number of nitrogen functional groups attached to an aromatic ring is 1. The van der Waals surface area contributed by atoms with Crippen LogP contribution in [0.5, 0.6) is 0 Å². The van der Waals surface area contributed by atoms with Gasteiger partial charge in [-0.2, -0.15) is 0 Å².